The second kappa shape index (κ2) is 3.71. The first-order chi connectivity index (χ1) is 6.40. The van der Waals surface area contributed by atoms with Gasteiger partial charge in [0.2, 0.25) is 0 Å². The fraction of sp³-hybridized carbons (Fsp3) is 0.0909. The third-order valence-electron chi connectivity index (χ3n) is 1.84. The van der Waals surface area contributed by atoms with Crippen molar-refractivity contribution in [1.82, 2.24) is 4.98 Å². The van der Waals surface area contributed by atoms with Crippen molar-refractivity contribution in [2.45, 2.75) is 6.92 Å². The van der Waals surface area contributed by atoms with Crippen molar-refractivity contribution in [1.29, 1.82) is 0 Å². The fourth-order valence-electron chi connectivity index (χ4n) is 1.13. The molecule has 1 nitrogen and oxygen atoms in total. The van der Waals surface area contributed by atoms with Gasteiger partial charge in [0, 0.05) is 17.4 Å². The van der Waals surface area contributed by atoms with E-state index in [1.807, 2.05) is 31.5 Å². The molecule has 0 amide bonds. The van der Waals surface area contributed by atoms with Crippen molar-refractivity contribution in [3.05, 3.63) is 47.8 Å². The van der Waals surface area contributed by atoms with Crippen LogP contribution in [0.2, 0.25) is 0 Å². The van der Waals surface area contributed by atoms with Crippen molar-refractivity contribution in [2.24, 2.45) is 0 Å². The zero-order chi connectivity index (χ0) is 9.10. The Morgan fingerprint density at radius 2 is 2.00 bits per heavy atom. The number of rotatable bonds is 2. The van der Waals surface area contributed by atoms with Crippen molar-refractivity contribution >= 4 is 11.3 Å². The van der Waals surface area contributed by atoms with Gasteiger partial charge >= 0.3 is 0 Å². The molecule has 2 rings (SSSR count). The van der Waals surface area contributed by atoms with Crippen molar-refractivity contribution in [2.75, 3.05) is 0 Å². The van der Waals surface area contributed by atoms with Crippen LogP contribution in [0.25, 0.3) is 10.6 Å². The number of hydrogen-bond donors (Lipinski definition) is 0. The van der Waals surface area contributed by atoms with Crippen molar-refractivity contribution < 1.29 is 0 Å². The Bertz CT molecular complexity index is 378. The molecular weight excluding hydrogens is 178 g/mol. The Balaban J connectivity index is 2.36. The Kier molecular flexibility index (Phi) is 2.41. The van der Waals surface area contributed by atoms with Gasteiger partial charge in [-0.3, -0.25) is 0 Å². The summed E-state index contributed by atoms with van der Waals surface area (Å²) in [4.78, 5) is 4.46. The topological polar surface area (TPSA) is 12.9 Å². The molecule has 2 heteroatoms. The molecular formula is C11H10NS. The second-order valence-corrected chi connectivity index (χ2v) is 3.59. The van der Waals surface area contributed by atoms with E-state index in [9.17, 15) is 0 Å². The summed E-state index contributed by atoms with van der Waals surface area (Å²) in [5.41, 5.74) is 2.25. The molecule has 0 bridgehead atoms. The lowest BCUT2D eigenvalue weighted by Gasteiger charge is -1.92. The van der Waals surface area contributed by atoms with Crippen molar-refractivity contribution in [3.8, 4) is 10.6 Å². The highest BCUT2D eigenvalue weighted by Gasteiger charge is 2.01. The van der Waals surface area contributed by atoms with Gasteiger partial charge < -0.3 is 0 Å². The summed E-state index contributed by atoms with van der Waals surface area (Å²) in [6.07, 6.45) is 2.02. The van der Waals surface area contributed by atoms with Gasteiger partial charge in [0.05, 0.1) is 5.69 Å². The Morgan fingerprint density at radius 1 is 1.23 bits per heavy atom. The summed E-state index contributed by atoms with van der Waals surface area (Å²) in [6.45, 7) is 2.00. The van der Waals surface area contributed by atoms with Crippen molar-refractivity contribution in [3.63, 3.8) is 0 Å². The molecule has 0 saturated heterocycles. The van der Waals surface area contributed by atoms with Crippen LogP contribution in [0.15, 0.2) is 35.7 Å². The quantitative estimate of drug-likeness (QED) is 0.704. The van der Waals surface area contributed by atoms with Crippen LogP contribution in [0.3, 0.4) is 0 Å². The van der Waals surface area contributed by atoms with Crippen LogP contribution >= 0.6 is 11.3 Å². The lowest BCUT2D eigenvalue weighted by molar-refractivity contribution is 1.26. The Hall–Kier alpha value is -1.15. The lowest BCUT2D eigenvalue weighted by Crippen LogP contribution is -1.77. The van der Waals surface area contributed by atoms with E-state index in [1.54, 1.807) is 11.3 Å². The fourth-order valence-corrected chi connectivity index (χ4v) is 1.98. The predicted octanol–water partition coefficient (Wildman–Crippen LogP) is 3.38. The van der Waals surface area contributed by atoms with Gasteiger partial charge in [0.15, 0.2) is 0 Å². The normalized spacial score (nSPS) is 10.2. The van der Waals surface area contributed by atoms with Crippen LogP contribution in [-0.4, -0.2) is 4.98 Å². The summed E-state index contributed by atoms with van der Waals surface area (Å²) in [5.74, 6) is 0. The molecule has 0 aliphatic rings. The summed E-state index contributed by atoms with van der Waals surface area (Å²) >= 11 is 1.68. The molecule has 0 atom stereocenters. The number of benzene rings is 1. The highest BCUT2D eigenvalue weighted by atomic mass is 32.1. The maximum absolute atomic E-state index is 4.46. The lowest BCUT2D eigenvalue weighted by atomic mass is 10.2. The molecule has 0 N–H and O–H groups in total. The molecule has 2 aromatic rings. The molecule has 0 aliphatic carbocycles. The first-order valence-electron chi connectivity index (χ1n) is 4.20. The number of thiazole rings is 1. The SMILES string of the molecule is C[CH]c1csc(-c2ccccc2)n1. The van der Waals surface area contributed by atoms with E-state index in [0.29, 0.717) is 0 Å². The van der Waals surface area contributed by atoms with E-state index in [-0.39, 0.29) is 0 Å². The molecule has 1 radical (unpaired) electrons. The average Bonchev–Trinajstić information content (AvgIpc) is 2.67. The Labute approximate surface area is 82.1 Å². The molecule has 1 aromatic heterocycles. The van der Waals surface area contributed by atoms with Gasteiger partial charge in [-0.2, -0.15) is 0 Å². The molecule has 0 spiro atoms. The average molecular weight is 188 g/mol. The molecule has 1 heterocycles. The largest absolute Gasteiger partial charge is 0.241 e. The molecule has 0 aliphatic heterocycles. The molecule has 13 heavy (non-hydrogen) atoms. The van der Waals surface area contributed by atoms with Crippen LogP contribution < -0.4 is 0 Å². The maximum Gasteiger partial charge on any atom is 0.123 e. The van der Waals surface area contributed by atoms with Gasteiger partial charge in [-0.25, -0.2) is 4.98 Å². The third kappa shape index (κ3) is 1.78. The summed E-state index contributed by atoms with van der Waals surface area (Å²) in [6, 6.07) is 10.2. The van der Waals surface area contributed by atoms with Crippen LogP contribution in [0.5, 0.6) is 0 Å². The minimum atomic E-state index is 1.06. The minimum absolute atomic E-state index is 1.06. The van der Waals surface area contributed by atoms with Gasteiger partial charge in [0.25, 0.3) is 0 Å². The van der Waals surface area contributed by atoms with E-state index in [2.05, 4.69) is 22.5 Å². The maximum atomic E-state index is 4.46. The van der Waals surface area contributed by atoms with Gasteiger partial charge in [0.1, 0.15) is 5.01 Å². The highest BCUT2D eigenvalue weighted by molar-refractivity contribution is 7.13. The molecule has 0 saturated carbocycles. The van der Waals surface area contributed by atoms with E-state index in [0.717, 1.165) is 10.7 Å². The standard InChI is InChI=1S/C11H10NS/c1-2-10-8-13-11(12-10)9-6-4-3-5-7-9/h2-8H,1H3. The molecule has 1 aromatic carbocycles. The number of aromatic nitrogens is 1. The summed E-state index contributed by atoms with van der Waals surface area (Å²) < 4.78 is 0. The Morgan fingerprint density at radius 3 is 2.62 bits per heavy atom. The zero-order valence-corrected chi connectivity index (χ0v) is 8.21. The van der Waals surface area contributed by atoms with Crippen LogP contribution in [0.1, 0.15) is 12.6 Å². The summed E-state index contributed by atoms with van der Waals surface area (Å²) in [5, 5.41) is 3.16. The van der Waals surface area contributed by atoms with Crippen LogP contribution in [0.4, 0.5) is 0 Å². The van der Waals surface area contributed by atoms with Crippen LogP contribution in [0, 0.1) is 6.42 Å². The number of nitrogens with zero attached hydrogens (tertiary/aromatic N) is 1. The first kappa shape index (κ1) is 8.45. The van der Waals surface area contributed by atoms with E-state index >= 15 is 0 Å². The van der Waals surface area contributed by atoms with E-state index < -0.39 is 0 Å². The van der Waals surface area contributed by atoms with Gasteiger partial charge in [-0.1, -0.05) is 37.3 Å². The third-order valence-corrected chi connectivity index (χ3v) is 2.75. The van der Waals surface area contributed by atoms with E-state index in [4.69, 9.17) is 0 Å². The number of hydrogen-bond acceptors (Lipinski definition) is 2. The molecule has 0 unspecified atom stereocenters. The predicted molar refractivity (Wildman–Crippen MR) is 56.6 cm³/mol. The molecule has 65 valence electrons. The van der Waals surface area contributed by atoms with Gasteiger partial charge in [-0.05, 0) is 0 Å². The smallest absolute Gasteiger partial charge is 0.123 e. The monoisotopic (exact) mass is 188 g/mol. The zero-order valence-electron chi connectivity index (χ0n) is 7.40. The molecule has 0 fully saturated rings. The van der Waals surface area contributed by atoms with E-state index in [1.165, 1.54) is 5.56 Å². The highest BCUT2D eigenvalue weighted by Crippen LogP contribution is 2.23. The first-order valence-corrected chi connectivity index (χ1v) is 5.08. The minimum Gasteiger partial charge on any atom is -0.241 e. The second-order valence-electron chi connectivity index (χ2n) is 2.73. The van der Waals surface area contributed by atoms with Gasteiger partial charge in [-0.15, -0.1) is 11.3 Å². The summed E-state index contributed by atoms with van der Waals surface area (Å²) in [7, 11) is 0. The van der Waals surface area contributed by atoms with Crippen LogP contribution in [-0.2, 0) is 0 Å².